The van der Waals surface area contributed by atoms with Crippen molar-refractivity contribution < 1.29 is 19.5 Å². The van der Waals surface area contributed by atoms with Crippen LogP contribution in [0.15, 0.2) is 30.3 Å². The SMILES string of the molecule is Cc1ccc(C[NH+](C)Cc2cc3c(cc2O)OCO3)c(C)c1. The van der Waals surface area contributed by atoms with Crippen LogP contribution < -0.4 is 14.4 Å². The molecule has 0 amide bonds. The van der Waals surface area contributed by atoms with Gasteiger partial charge in [0.1, 0.15) is 18.8 Å². The number of phenolic OH excluding ortho intramolecular Hbond substituents is 1. The van der Waals surface area contributed by atoms with Crippen LogP contribution in [-0.4, -0.2) is 18.9 Å². The van der Waals surface area contributed by atoms with Crippen molar-refractivity contribution in [2.45, 2.75) is 26.9 Å². The Labute approximate surface area is 130 Å². The van der Waals surface area contributed by atoms with E-state index in [-0.39, 0.29) is 12.5 Å². The van der Waals surface area contributed by atoms with Gasteiger partial charge in [-0.15, -0.1) is 0 Å². The van der Waals surface area contributed by atoms with Gasteiger partial charge in [0.15, 0.2) is 11.5 Å². The van der Waals surface area contributed by atoms with Gasteiger partial charge in [0.05, 0.1) is 12.6 Å². The largest absolute Gasteiger partial charge is 0.507 e. The van der Waals surface area contributed by atoms with E-state index < -0.39 is 0 Å². The molecule has 1 aliphatic heterocycles. The van der Waals surface area contributed by atoms with Gasteiger partial charge in [0.2, 0.25) is 6.79 Å². The highest BCUT2D eigenvalue weighted by atomic mass is 16.7. The summed E-state index contributed by atoms with van der Waals surface area (Å²) in [7, 11) is 2.13. The highest BCUT2D eigenvalue weighted by Gasteiger charge is 2.19. The van der Waals surface area contributed by atoms with Crippen molar-refractivity contribution in [1.82, 2.24) is 0 Å². The average molecular weight is 300 g/mol. The van der Waals surface area contributed by atoms with Crippen molar-refractivity contribution in [2.24, 2.45) is 0 Å². The Morgan fingerprint density at radius 2 is 1.68 bits per heavy atom. The first-order valence-corrected chi connectivity index (χ1v) is 7.52. The first-order valence-electron chi connectivity index (χ1n) is 7.52. The Morgan fingerprint density at radius 1 is 1.00 bits per heavy atom. The molecule has 1 unspecified atom stereocenters. The van der Waals surface area contributed by atoms with Gasteiger partial charge < -0.3 is 19.5 Å². The molecule has 0 radical (unpaired) electrons. The lowest BCUT2D eigenvalue weighted by Gasteiger charge is -2.17. The Hall–Kier alpha value is -2.20. The fourth-order valence-electron chi connectivity index (χ4n) is 2.87. The first kappa shape index (κ1) is 14.7. The molecule has 22 heavy (non-hydrogen) atoms. The lowest BCUT2D eigenvalue weighted by molar-refractivity contribution is -0.907. The highest BCUT2D eigenvalue weighted by Crippen LogP contribution is 2.37. The average Bonchev–Trinajstić information content (AvgIpc) is 2.89. The van der Waals surface area contributed by atoms with Gasteiger partial charge in [-0.25, -0.2) is 0 Å². The van der Waals surface area contributed by atoms with E-state index in [1.807, 2.05) is 6.07 Å². The predicted molar refractivity (Wildman–Crippen MR) is 84.4 cm³/mol. The molecule has 1 aliphatic rings. The molecule has 2 aromatic rings. The molecule has 2 aromatic carbocycles. The van der Waals surface area contributed by atoms with Gasteiger partial charge in [-0.3, -0.25) is 0 Å². The molecular weight excluding hydrogens is 278 g/mol. The molecule has 0 saturated carbocycles. The second-order valence-electron chi connectivity index (χ2n) is 6.07. The third-order valence-corrected chi connectivity index (χ3v) is 4.06. The number of nitrogens with one attached hydrogen (secondary N) is 1. The van der Waals surface area contributed by atoms with E-state index in [1.54, 1.807) is 6.07 Å². The summed E-state index contributed by atoms with van der Waals surface area (Å²) in [5.74, 6) is 1.60. The number of hydrogen-bond donors (Lipinski definition) is 2. The smallest absolute Gasteiger partial charge is 0.231 e. The Balaban J connectivity index is 1.73. The third-order valence-electron chi connectivity index (χ3n) is 4.06. The number of aromatic hydroxyl groups is 1. The highest BCUT2D eigenvalue weighted by molar-refractivity contribution is 5.50. The Morgan fingerprint density at radius 3 is 2.41 bits per heavy atom. The van der Waals surface area contributed by atoms with Crippen LogP contribution in [0.3, 0.4) is 0 Å². The predicted octanol–water partition coefficient (Wildman–Crippen LogP) is 1.95. The minimum atomic E-state index is 0.226. The van der Waals surface area contributed by atoms with E-state index in [9.17, 15) is 5.11 Å². The van der Waals surface area contributed by atoms with Gasteiger partial charge in [-0.1, -0.05) is 23.8 Å². The molecule has 4 nitrogen and oxygen atoms in total. The number of benzene rings is 2. The van der Waals surface area contributed by atoms with Gasteiger partial charge in [0, 0.05) is 11.6 Å². The summed E-state index contributed by atoms with van der Waals surface area (Å²) >= 11 is 0. The number of hydrogen-bond acceptors (Lipinski definition) is 3. The zero-order chi connectivity index (χ0) is 15.7. The van der Waals surface area contributed by atoms with E-state index in [0.29, 0.717) is 11.5 Å². The van der Waals surface area contributed by atoms with Gasteiger partial charge >= 0.3 is 0 Å². The maximum atomic E-state index is 10.1. The molecule has 1 atom stereocenters. The molecule has 116 valence electrons. The topological polar surface area (TPSA) is 43.1 Å². The van der Waals surface area contributed by atoms with Crippen LogP contribution in [0.1, 0.15) is 22.3 Å². The summed E-state index contributed by atoms with van der Waals surface area (Å²) in [6, 6.07) is 10.1. The van der Waals surface area contributed by atoms with Crippen LogP contribution in [0.4, 0.5) is 0 Å². The van der Waals surface area contributed by atoms with Crippen LogP contribution in [0, 0.1) is 13.8 Å². The van der Waals surface area contributed by atoms with Crippen molar-refractivity contribution in [1.29, 1.82) is 0 Å². The maximum Gasteiger partial charge on any atom is 0.231 e. The van der Waals surface area contributed by atoms with E-state index in [2.05, 4.69) is 39.1 Å². The summed E-state index contributed by atoms with van der Waals surface area (Å²) in [5.41, 5.74) is 4.82. The van der Waals surface area contributed by atoms with E-state index >= 15 is 0 Å². The van der Waals surface area contributed by atoms with Crippen LogP contribution >= 0.6 is 0 Å². The third kappa shape index (κ3) is 3.02. The normalized spacial score (nSPS) is 14.1. The van der Waals surface area contributed by atoms with Crippen molar-refractivity contribution in [3.63, 3.8) is 0 Å². The van der Waals surface area contributed by atoms with Crippen LogP contribution in [0.25, 0.3) is 0 Å². The molecule has 0 aliphatic carbocycles. The van der Waals surface area contributed by atoms with E-state index in [1.165, 1.54) is 21.6 Å². The van der Waals surface area contributed by atoms with Crippen LogP contribution in [0.2, 0.25) is 0 Å². The maximum absolute atomic E-state index is 10.1. The number of phenols is 1. The summed E-state index contributed by atoms with van der Waals surface area (Å²) in [4.78, 5) is 1.31. The van der Waals surface area contributed by atoms with Gasteiger partial charge in [-0.2, -0.15) is 0 Å². The number of ether oxygens (including phenoxy) is 2. The van der Waals surface area contributed by atoms with Crippen LogP contribution in [0.5, 0.6) is 17.2 Å². The van der Waals surface area contributed by atoms with E-state index in [4.69, 9.17) is 9.47 Å². The lowest BCUT2D eigenvalue weighted by atomic mass is 10.1. The minimum Gasteiger partial charge on any atom is -0.507 e. The molecule has 0 fully saturated rings. The Kier molecular flexibility index (Phi) is 3.94. The lowest BCUT2D eigenvalue weighted by Crippen LogP contribution is -3.06. The molecule has 0 aromatic heterocycles. The van der Waals surface area contributed by atoms with Crippen molar-refractivity contribution in [3.05, 3.63) is 52.6 Å². The summed E-state index contributed by atoms with van der Waals surface area (Å²) in [6.07, 6.45) is 0. The fraction of sp³-hybridized carbons (Fsp3) is 0.333. The second kappa shape index (κ2) is 5.89. The minimum absolute atomic E-state index is 0.226. The quantitative estimate of drug-likeness (QED) is 0.907. The van der Waals surface area contributed by atoms with Gasteiger partial charge in [-0.05, 0) is 25.5 Å². The van der Waals surface area contributed by atoms with Crippen molar-refractivity contribution in [3.8, 4) is 17.2 Å². The molecule has 2 N–H and O–H groups in total. The molecule has 0 spiro atoms. The molecular formula is C18H22NO3+. The molecule has 1 heterocycles. The van der Waals surface area contributed by atoms with Gasteiger partial charge in [0.25, 0.3) is 0 Å². The fourth-order valence-corrected chi connectivity index (χ4v) is 2.87. The molecule has 3 rings (SSSR count). The number of aryl methyl sites for hydroxylation is 2. The summed E-state index contributed by atoms with van der Waals surface area (Å²) < 4.78 is 10.7. The first-order chi connectivity index (χ1) is 10.5. The van der Waals surface area contributed by atoms with E-state index in [0.717, 1.165) is 18.7 Å². The monoisotopic (exact) mass is 300 g/mol. The van der Waals surface area contributed by atoms with Crippen molar-refractivity contribution >= 4 is 0 Å². The number of fused-ring (bicyclic) bond motifs is 1. The number of rotatable bonds is 4. The number of quaternary nitrogens is 1. The second-order valence-corrected chi connectivity index (χ2v) is 6.07. The van der Waals surface area contributed by atoms with Crippen molar-refractivity contribution in [2.75, 3.05) is 13.8 Å². The summed E-state index contributed by atoms with van der Waals surface area (Å²) in [6.45, 7) is 6.13. The summed E-state index contributed by atoms with van der Waals surface area (Å²) in [5, 5.41) is 10.1. The molecule has 0 bridgehead atoms. The zero-order valence-electron chi connectivity index (χ0n) is 13.3. The molecule has 0 saturated heterocycles. The van der Waals surface area contributed by atoms with Crippen LogP contribution in [-0.2, 0) is 13.1 Å². The standard InChI is InChI=1S/C18H21NO3/c1-12-4-5-14(13(2)6-12)9-19(3)10-15-7-17-18(8-16(15)20)22-11-21-17/h4-8,20H,9-11H2,1-3H3/p+1. The molecule has 4 heteroatoms. The zero-order valence-corrected chi connectivity index (χ0v) is 13.3. The Bertz CT molecular complexity index is 697.